The lowest BCUT2D eigenvalue weighted by molar-refractivity contribution is 0.0261. The highest BCUT2D eigenvalue weighted by atomic mass is 16.5. The third-order valence-electron chi connectivity index (χ3n) is 5.09. The Labute approximate surface area is 138 Å². The number of hydrogen-bond acceptors (Lipinski definition) is 4. The van der Waals surface area contributed by atoms with Crippen LogP contribution in [0, 0.1) is 0 Å². The highest BCUT2D eigenvalue weighted by Crippen LogP contribution is 2.29. The van der Waals surface area contributed by atoms with E-state index in [2.05, 4.69) is 4.90 Å². The molecule has 0 amide bonds. The maximum absolute atomic E-state index is 11.5. The summed E-state index contributed by atoms with van der Waals surface area (Å²) in [6.07, 6.45) is 9.19. The van der Waals surface area contributed by atoms with Crippen LogP contribution in [0.15, 0.2) is 24.3 Å². The van der Waals surface area contributed by atoms with Crippen molar-refractivity contribution in [3.05, 3.63) is 29.8 Å². The third-order valence-corrected chi connectivity index (χ3v) is 5.09. The molecule has 1 aliphatic carbocycles. The molecule has 1 aliphatic heterocycles. The van der Waals surface area contributed by atoms with Gasteiger partial charge in [0.25, 0.3) is 0 Å². The Balaban J connectivity index is 1.65. The Bertz CT molecular complexity index is 508. The van der Waals surface area contributed by atoms with Crippen LogP contribution >= 0.6 is 0 Å². The number of nitrogens with zero attached hydrogens (tertiary/aromatic N) is 1. The van der Waals surface area contributed by atoms with Gasteiger partial charge in [0.1, 0.15) is 11.9 Å². The minimum atomic E-state index is -0.305. The van der Waals surface area contributed by atoms with Gasteiger partial charge in [-0.3, -0.25) is 4.90 Å². The number of methoxy groups -OCH3 is 1. The van der Waals surface area contributed by atoms with Crippen LogP contribution in [0.2, 0.25) is 0 Å². The van der Waals surface area contributed by atoms with Gasteiger partial charge < -0.3 is 9.47 Å². The molecule has 0 bridgehead atoms. The first-order chi connectivity index (χ1) is 11.3. The van der Waals surface area contributed by atoms with Crippen molar-refractivity contribution in [2.75, 3.05) is 20.2 Å². The molecule has 0 unspecified atom stereocenters. The van der Waals surface area contributed by atoms with Crippen LogP contribution in [0.5, 0.6) is 5.75 Å². The number of carbonyl (C=O) groups is 1. The van der Waals surface area contributed by atoms with Gasteiger partial charge in [0.2, 0.25) is 0 Å². The molecular weight excluding hydrogens is 290 g/mol. The second kappa shape index (κ2) is 7.82. The zero-order valence-corrected chi connectivity index (χ0v) is 14.0. The molecule has 4 heteroatoms. The smallest absolute Gasteiger partial charge is 0.337 e. The van der Waals surface area contributed by atoms with Crippen LogP contribution < -0.4 is 4.74 Å². The molecule has 1 aromatic carbocycles. The molecule has 0 N–H and O–H groups in total. The molecule has 4 nitrogen and oxygen atoms in total. The van der Waals surface area contributed by atoms with Crippen LogP contribution in [0.3, 0.4) is 0 Å². The maximum Gasteiger partial charge on any atom is 0.337 e. The van der Waals surface area contributed by atoms with Gasteiger partial charge in [-0.1, -0.05) is 12.8 Å². The monoisotopic (exact) mass is 317 g/mol. The Morgan fingerprint density at radius 1 is 1.00 bits per heavy atom. The summed E-state index contributed by atoms with van der Waals surface area (Å²) in [7, 11) is 1.40. The first-order valence-corrected chi connectivity index (χ1v) is 8.87. The molecule has 1 heterocycles. The summed E-state index contributed by atoms with van der Waals surface area (Å²) < 4.78 is 11.0. The Morgan fingerprint density at radius 2 is 1.70 bits per heavy atom. The molecule has 126 valence electrons. The van der Waals surface area contributed by atoms with Crippen molar-refractivity contribution in [2.24, 2.45) is 0 Å². The number of likely N-dealkylation sites (tertiary alicyclic amines) is 1. The predicted octanol–water partition coefficient (Wildman–Crippen LogP) is 3.65. The van der Waals surface area contributed by atoms with Crippen molar-refractivity contribution >= 4 is 5.97 Å². The number of esters is 1. The largest absolute Gasteiger partial charge is 0.489 e. The molecule has 0 spiro atoms. The van der Waals surface area contributed by atoms with Crippen LogP contribution in [0.1, 0.15) is 55.3 Å². The first kappa shape index (κ1) is 16.3. The quantitative estimate of drug-likeness (QED) is 0.795. The highest BCUT2D eigenvalue weighted by molar-refractivity contribution is 5.89. The van der Waals surface area contributed by atoms with Gasteiger partial charge in [0.05, 0.1) is 12.7 Å². The van der Waals surface area contributed by atoms with Crippen molar-refractivity contribution in [3.8, 4) is 5.75 Å². The summed E-state index contributed by atoms with van der Waals surface area (Å²) in [6, 6.07) is 7.87. The van der Waals surface area contributed by atoms with Crippen molar-refractivity contribution in [1.29, 1.82) is 0 Å². The minimum Gasteiger partial charge on any atom is -0.489 e. The maximum atomic E-state index is 11.5. The molecule has 23 heavy (non-hydrogen) atoms. The standard InChI is InChI=1S/C19H27NO3/c1-22-19(21)15-9-11-16(12-10-15)23-18-8-4-3-7-17(18)20-13-5-2-6-14-20/h9-12,17-18H,2-8,13-14H2,1H3/t17-,18-/m1/s1. The summed E-state index contributed by atoms with van der Waals surface area (Å²) in [5.41, 5.74) is 0.566. The molecule has 1 saturated heterocycles. The van der Waals surface area contributed by atoms with Gasteiger partial charge in [0, 0.05) is 6.04 Å². The molecule has 2 atom stereocenters. The number of ether oxygens (including phenoxy) is 2. The lowest BCUT2D eigenvalue weighted by Crippen LogP contribution is -2.49. The fraction of sp³-hybridized carbons (Fsp3) is 0.632. The molecule has 2 aliphatic rings. The highest BCUT2D eigenvalue weighted by Gasteiger charge is 2.32. The Kier molecular flexibility index (Phi) is 5.55. The lowest BCUT2D eigenvalue weighted by Gasteiger charge is -2.41. The van der Waals surface area contributed by atoms with E-state index in [9.17, 15) is 4.79 Å². The third kappa shape index (κ3) is 4.05. The molecule has 0 aromatic heterocycles. The first-order valence-electron chi connectivity index (χ1n) is 8.87. The normalized spacial score (nSPS) is 25.8. The SMILES string of the molecule is COC(=O)c1ccc(O[C@@H]2CCCC[C@H]2N2CCCCC2)cc1. The van der Waals surface area contributed by atoms with Crippen LogP contribution in [0.4, 0.5) is 0 Å². The van der Waals surface area contributed by atoms with Gasteiger partial charge in [-0.05, 0) is 69.5 Å². The number of hydrogen-bond donors (Lipinski definition) is 0. The summed E-state index contributed by atoms with van der Waals surface area (Å²) in [5.74, 6) is 0.548. The van der Waals surface area contributed by atoms with E-state index < -0.39 is 0 Å². The average molecular weight is 317 g/mol. The average Bonchev–Trinajstić information content (AvgIpc) is 2.63. The van der Waals surface area contributed by atoms with E-state index in [1.54, 1.807) is 12.1 Å². The Morgan fingerprint density at radius 3 is 2.39 bits per heavy atom. The van der Waals surface area contributed by atoms with E-state index in [1.807, 2.05) is 12.1 Å². The number of rotatable bonds is 4. The van der Waals surface area contributed by atoms with Gasteiger partial charge in [-0.25, -0.2) is 4.79 Å². The van der Waals surface area contributed by atoms with Gasteiger partial charge in [0.15, 0.2) is 0 Å². The van der Waals surface area contributed by atoms with Crippen molar-refractivity contribution < 1.29 is 14.3 Å². The van der Waals surface area contributed by atoms with Crippen molar-refractivity contribution in [2.45, 2.75) is 57.1 Å². The summed E-state index contributed by atoms with van der Waals surface area (Å²) in [6.45, 7) is 2.43. The summed E-state index contributed by atoms with van der Waals surface area (Å²) in [5, 5.41) is 0. The van der Waals surface area contributed by atoms with E-state index >= 15 is 0 Å². The van der Waals surface area contributed by atoms with Crippen LogP contribution in [-0.4, -0.2) is 43.2 Å². The minimum absolute atomic E-state index is 0.269. The second-order valence-electron chi connectivity index (χ2n) is 6.62. The van der Waals surface area contributed by atoms with E-state index in [4.69, 9.17) is 9.47 Å². The predicted molar refractivity (Wildman–Crippen MR) is 89.9 cm³/mol. The second-order valence-corrected chi connectivity index (χ2v) is 6.62. The van der Waals surface area contributed by atoms with Gasteiger partial charge in [-0.15, -0.1) is 0 Å². The topological polar surface area (TPSA) is 38.8 Å². The number of piperidine rings is 1. The number of benzene rings is 1. The fourth-order valence-corrected chi connectivity index (χ4v) is 3.84. The molecule has 0 radical (unpaired) electrons. The van der Waals surface area contributed by atoms with Crippen LogP contribution in [-0.2, 0) is 4.74 Å². The van der Waals surface area contributed by atoms with Crippen molar-refractivity contribution in [1.82, 2.24) is 4.90 Å². The zero-order chi connectivity index (χ0) is 16.1. The molecule has 3 rings (SSSR count). The fourth-order valence-electron chi connectivity index (χ4n) is 3.84. The van der Waals surface area contributed by atoms with E-state index in [0.717, 1.165) is 12.2 Å². The molecule has 2 fully saturated rings. The van der Waals surface area contributed by atoms with Gasteiger partial charge in [-0.2, -0.15) is 0 Å². The van der Waals surface area contributed by atoms with E-state index in [-0.39, 0.29) is 12.1 Å². The molecule has 1 saturated carbocycles. The summed E-state index contributed by atoms with van der Waals surface area (Å²) >= 11 is 0. The van der Waals surface area contributed by atoms with Gasteiger partial charge >= 0.3 is 5.97 Å². The molecule has 1 aromatic rings. The number of carbonyl (C=O) groups excluding carboxylic acids is 1. The van der Waals surface area contributed by atoms with Crippen molar-refractivity contribution in [3.63, 3.8) is 0 Å². The molecular formula is C19H27NO3. The Hall–Kier alpha value is -1.55. The zero-order valence-electron chi connectivity index (χ0n) is 14.0. The van der Waals surface area contributed by atoms with E-state index in [1.165, 1.54) is 58.7 Å². The summed E-state index contributed by atoms with van der Waals surface area (Å²) in [4.78, 5) is 14.1. The van der Waals surface area contributed by atoms with E-state index in [0.29, 0.717) is 11.6 Å². The van der Waals surface area contributed by atoms with Crippen LogP contribution in [0.25, 0.3) is 0 Å². The lowest BCUT2D eigenvalue weighted by atomic mass is 9.90.